The van der Waals surface area contributed by atoms with Crippen molar-refractivity contribution in [2.24, 2.45) is 0 Å². The van der Waals surface area contributed by atoms with Crippen LogP contribution in [0.15, 0.2) is 36.9 Å². The SMILES string of the molecule is C=CCNC(=O)NC(=O)CN1CCN(C(=O)Cc2ccccc2Cl)CC1. The summed E-state index contributed by atoms with van der Waals surface area (Å²) >= 11 is 6.10. The van der Waals surface area contributed by atoms with Crippen molar-refractivity contribution in [3.8, 4) is 0 Å². The van der Waals surface area contributed by atoms with Crippen molar-refractivity contribution >= 4 is 29.4 Å². The van der Waals surface area contributed by atoms with E-state index >= 15 is 0 Å². The van der Waals surface area contributed by atoms with Crippen LogP contribution in [0.2, 0.25) is 5.02 Å². The van der Waals surface area contributed by atoms with Gasteiger partial charge in [-0.15, -0.1) is 6.58 Å². The van der Waals surface area contributed by atoms with Crippen molar-refractivity contribution < 1.29 is 14.4 Å². The van der Waals surface area contributed by atoms with Gasteiger partial charge in [-0.2, -0.15) is 0 Å². The Bertz CT molecular complexity index is 672. The maximum absolute atomic E-state index is 12.4. The average molecular weight is 379 g/mol. The van der Waals surface area contributed by atoms with Crippen LogP contribution in [0, 0.1) is 0 Å². The number of benzene rings is 1. The topological polar surface area (TPSA) is 81.8 Å². The maximum Gasteiger partial charge on any atom is 0.321 e. The predicted octanol–water partition coefficient (Wildman–Crippen LogP) is 1.04. The van der Waals surface area contributed by atoms with Gasteiger partial charge in [0.2, 0.25) is 11.8 Å². The first-order valence-corrected chi connectivity index (χ1v) is 8.79. The lowest BCUT2D eigenvalue weighted by molar-refractivity contribution is -0.132. The van der Waals surface area contributed by atoms with E-state index in [1.54, 1.807) is 11.0 Å². The van der Waals surface area contributed by atoms with E-state index in [1.165, 1.54) is 6.08 Å². The Labute approximate surface area is 158 Å². The van der Waals surface area contributed by atoms with Gasteiger partial charge in [0, 0.05) is 37.7 Å². The fourth-order valence-corrected chi connectivity index (χ4v) is 2.85. The lowest BCUT2D eigenvalue weighted by Crippen LogP contribution is -2.52. The summed E-state index contributed by atoms with van der Waals surface area (Å²) in [5.74, 6) is -0.353. The molecule has 1 aromatic carbocycles. The van der Waals surface area contributed by atoms with Crippen LogP contribution in [0.1, 0.15) is 5.56 Å². The Morgan fingerprint density at radius 1 is 1.15 bits per heavy atom. The summed E-state index contributed by atoms with van der Waals surface area (Å²) in [4.78, 5) is 39.4. The van der Waals surface area contributed by atoms with E-state index in [2.05, 4.69) is 17.2 Å². The first-order chi connectivity index (χ1) is 12.5. The highest BCUT2D eigenvalue weighted by molar-refractivity contribution is 6.31. The third-order valence-corrected chi connectivity index (χ3v) is 4.42. The number of imide groups is 1. The van der Waals surface area contributed by atoms with E-state index in [0.717, 1.165) is 5.56 Å². The second-order valence-corrected chi connectivity index (χ2v) is 6.38. The molecule has 0 aromatic heterocycles. The van der Waals surface area contributed by atoms with Crippen LogP contribution in [0.3, 0.4) is 0 Å². The van der Waals surface area contributed by atoms with Gasteiger partial charge in [-0.25, -0.2) is 4.79 Å². The van der Waals surface area contributed by atoms with Gasteiger partial charge in [-0.1, -0.05) is 35.9 Å². The molecule has 2 N–H and O–H groups in total. The highest BCUT2D eigenvalue weighted by Gasteiger charge is 2.23. The number of hydrogen-bond donors (Lipinski definition) is 2. The van der Waals surface area contributed by atoms with Crippen molar-refractivity contribution in [1.29, 1.82) is 0 Å². The van der Waals surface area contributed by atoms with Gasteiger partial charge in [0.25, 0.3) is 0 Å². The number of halogens is 1. The number of hydrogen-bond acceptors (Lipinski definition) is 4. The van der Waals surface area contributed by atoms with E-state index in [4.69, 9.17) is 11.6 Å². The quantitative estimate of drug-likeness (QED) is 0.725. The summed E-state index contributed by atoms with van der Waals surface area (Å²) < 4.78 is 0. The second kappa shape index (κ2) is 9.94. The summed E-state index contributed by atoms with van der Waals surface area (Å²) in [5, 5.41) is 5.33. The maximum atomic E-state index is 12.4. The Balaban J connectivity index is 1.73. The van der Waals surface area contributed by atoms with Crippen LogP contribution >= 0.6 is 11.6 Å². The van der Waals surface area contributed by atoms with E-state index in [0.29, 0.717) is 37.7 Å². The molecule has 1 aromatic rings. The van der Waals surface area contributed by atoms with Gasteiger partial charge >= 0.3 is 6.03 Å². The van der Waals surface area contributed by atoms with Crippen LogP contribution < -0.4 is 10.6 Å². The number of piperazine rings is 1. The highest BCUT2D eigenvalue weighted by Crippen LogP contribution is 2.16. The second-order valence-electron chi connectivity index (χ2n) is 5.97. The Hall–Kier alpha value is -2.38. The smallest absolute Gasteiger partial charge is 0.321 e. The van der Waals surface area contributed by atoms with Gasteiger partial charge in [0.05, 0.1) is 13.0 Å². The average Bonchev–Trinajstić information content (AvgIpc) is 2.62. The summed E-state index contributed by atoms with van der Waals surface area (Å²) in [6, 6.07) is 6.77. The van der Waals surface area contributed by atoms with Crippen LogP contribution in [0.5, 0.6) is 0 Å². The molecular formula is C18H23ClN4O3. The lowest BCUT2D eigenvalue weighted by atomic mass is 10.1. The number of nitrogens with one attached hydrogen (secondary N) is 2. The summed E-state index contributed by atoms with van der Waals surface area (Å²) in [5.41, 5.74) is 0.812. The molecule has 140 valence electrons. The van der Waals surface area contributed by atoms with E-state index in [9.17, 15) is 14.4 Å². The minimum absolute atomic E-state index is 0.0194. The molecule has 1 aliphatic heterocycles. The zero-order valence-electron chi connectivity index (χ0n) is 14.5. The molecule has 0 aliphatic carbocycles. The highest BCUT2D eigenvalue weighted by atomic mass is 35.5. The van der Waals surface area contributed by atoms with Crippen molar-refractivity contribution in [2.75, 3.05) is 39.3 Å². The molecule has 0 bridgehead atoms. The molecular weight excluding hydrogens is 356 g/mol. The molecule has 1 saturated heterocycles. The Kier molecular flexibility index (Phi) is 7.62. The minimum atomic E-state index is -0.538. The first kappa shape index (κ1) is 19.9. The fourth-order valence-electron chi connectivity index (χ4n) is 2.65. The normalized spacial score (nSPS) is 14.6. The standard InChI is InChI=1S/C18H23ClN4O3/c1-2-7-20-18(26)21-16(24)13-22-8-10-23(11-9-22)17(25)12-14-5-3-4-6-15(14)19/h2-6H,1,7-13H2,(H2,20,21,24,26). The predicted molar refractivity (Wildman–Crippen MR) is 99.9 cm³/mol. The van der Waals surface area contributed by atoms with Crippen LogP contribution in [0.25, 0.3) is 0 Å². The molecule has 26 heavy (non-hydrogen) atoms. The van der Waals surface area contributed by atoms with Crippen molar-refractivity contribution in [3.05, 3.63) is 47.5 Å². The van der Waals surface area contributed by atoms with Crippen molar-refractivity contribution in [2.45, 2.75) is 6.42 Å². The molecule has 8 heteroatoms. The van der Waals surface area contributed by atoms with Crippen molar-refractivity contribution in [3.63, 3.8) is 0 Å². The van der Waals surface area contributed by atoms with Gasteiger partial charge in [-0.05, 0) is 11.6 Å². The number of carbonyl (C=O) groups excluding carboxylic acids is 3. The Morgan fingerprint density at radius 3 is 2.50 bits per heavy atom. The van der Waals surface area contributed by atoms with Crippen LogP contribution in [0.4, 0.5) is 4.79 Å². The minimum Gasteiger partial charge on any atom is -0.340 e. The summed E-state index contributed by atoms with van der Waals surface area (Å²) in [6.07, 6.45) is 1.80. The molecule has 1 heterocycles. The van der Waals surface area contributed by atoms with Gasteiger partial charge in [-0.3, -0.25) is 19.8 Å². The molecule has 0 spiro atoms. The molecule has 0 unspecified atom stereocenters. The molecule has 2 rings (SSSR count). The van der Waals surface area contributed by atoms with Gasteiger partial charge < -0.3 is 10.2 Å². The number of rotatable bonds is 6. The van der Waals surface area contributed by atoms with E-state index in [1.807, 2.05) is 23.1 Å². The third-order valence-electron chi connectivity index (χ3n) is 4.05. The molecule has 0 radical (unpaired) electrons. The number of urea groups is 1. The zero-order valence-corrected chi connectivity index (χ0v) is 15.3. The zero-order chi connectivity index (χ0) is 18.9. The number of nitrogens with zero attached hydrogens (tertiary/aromatic N) is 2. The Morgan fingerprint density at radius 2 is 1.85 bits per heavy atom. The number of carbonyl (C=O) groups is 3. The van der Waals surface area contributed by atoms with E-state index in [-0.39, 0.29) is 24.8 Å². The molecule has 0 saturated carbocycles. The van der Waals surface area contributed by atoms with E-state index < -0.39 is 6.03 Å². The molecule has 4 amide bonds. The lowest BCUT2D eigenvalue weighted by Gasteiger charge is -2.34. The largest absolute Gasteiger partial charge is 0.340 e. The third kappa shape index (κ3) is 6.16. The molecule has 1 fully saturated rings. The van der Waals surface area contributed by atoms with Gasteiger partial charge in [0.15, 0.2) is 0 Å². The molecule has 7 nitrogen and oxygen atoms in total. The number of amides is 4. The molecule has 0 atom stereocenters. The molecule has 1 aliphatic rings. The van der Waals surface area contributed by atoms with Crippen LogP contribution in [-0.2, 0) is 16.0 Å². The first-order valence-electron chi connectivity index (χ1n) is 8.41. The van der Waals surface area contributed by atoms with Crippen LogP contribution in [-0.4, -0.2) is 66.9 Å². The summed E-state index contributed by atoms with van der Waals surface area (Å²) in [7, 11) is 0. The van der Waals surface area contributed by atoms with Crippen molar-refractivity contribution in [1.82, 2.24) is 20.4 Å². The fraction of sp³-hybridized carbons (Fsp3) is 0.389. The van der Waals surface area contributed by atoms with Gasteiger partial charge in [0.1, 0.15) is 0 Å². The monoisotopic (exact) mass is 378 g/mol. The summed E-state index contributed by atoms with van der Waals surface area (Å²) in [6.45, 7) is 6.14.